The van der Waals surface area contributed by atoms with Gasteiger partial charge in [0.05, 0.1) is 19.3 Å². The number of para-hydroxylation sites is 1. The average Bonchev–Trinajstić information content (AvgIpc) is 2.57. The lowest BCUT2D eigenvalue weighted by Crippen LogP contribution is -2.47. The minimum atomic E-state index is -0.434. The summed E-state index contributed by atoms with van der Waals surface area (Å²) in [5, 5.41) is 10.1. The first-order valence-electron chi connectivity index (χ1n) is 8.94. The smallest absolute Gasteiger partial charge is 0.122 e. The third kappa shape index (κ3) is 8.89. The molecule has 26 heavy (non-hydrogen) atoms. The fraction of sp³-hybridized carbons (Fsp3) is 0.684. The quantitative estimate of drug-likeness (QED) is 0.636. The van der Waals surface area contributed by atoms with E-state index in [9.17, 15) is 5.11 Å². The number of β-amino-alcohol motifs (C(OH)–C–C–N with tert-alkyl or cyclic N) is 1. The minimum Gasteiger partial charge on any atom is -0.491 e. The Morgan fingerprint density at radius 2 is 1.69 bits per heavy atom. The normalized spacial score (nSPS) is 16.7. The highest BCUT2D eigenvalue weighted by Gasteiger charge is 2.17. The van der Waals surface area contributed by atoms with E-state index in [1.165, 1.54) is 5.56 Å². The van der Waals surface area contributed by atoms with Crippen molar-refractivity contribution in [2.75, 3.05) is 59.6 Å². The van der Waals surface area contributed by atoms with Crippen molar-refractivity contribution in [1.82, 2.24) is 9.80 Å². The second-order valence-electron chi connectivity index (χ2n) is 6.87. The summed E-state index contributed by atoms with van der Waals surface area (Å²) in [6.45, 7) is 10.5. The maximum absolute atomic E-state index is 10.1. The van der Waals surface area contributed by atoms with E-state index in [0.29, 0.717) is 32.3 Å². The molecule has 1 fully saturated rings. The van der Waals surface area contributed by atoms with Gasteiger partial charge in [-0.05, 0) is 24.6 Å². The molecule has 0 aliphatic carbocycles. The second-order valence-corrected chi connectivity index (χ2v) is 6.87. The molecule has 0 saturated carbocycles. The summed E-state index contributed by atoms with van der Waals surface area (Å²) in [4.78, 5) is 4.61. The number of halogens is 2. The number of aliphatic hydroxyl groups excluding tert-OH is 1. The molecule has 0 aromatic heterocycles. The van der Waals surface area contributed by atoms with Crippen molar-refractivity contribution in [3.8, 4) is 5.75 Å². The second kappa shape index (κ2) is 13.6. The van der Waals surface area contributed by atoms with Gasteiger partial charge in [-0.25, -0.2) is 0 Å². The van der Waals surface area contributed by atoms with Crippen LogP contribution in [-0.4, -0.2) is 80.6 Å². The average molecular weight is 409 g/mol. The highest BCUT2D eigenvalue weighted by molar-refractivity contribution is 5.85. The summed E-state index contributed by atoms with van der Waals surface area (Å²) in [5.41, 5.74) is 1.22. The Morgan fingerprint density at radius 3 is 2.35 bits per heavy atom. The maximum Gasteiger partial charge on any atom is 0.122 e. The van der Waals surface area contributed by atoms with Crippen LogP contribution in [0.4, 0.5) is 0 Å². The van der Waals surface area contributed by atoms with E-state index in [-0.39, 0.29) is 24.8 Å². The van der Waals surface area contributed by atoms with E-state index in [1.54, 1.807) is 0 Å². The van der Waals surface area contributed by atoms with E-state index in [2.05, 4.69) is 36.8 Å². The zero-order valence-corrected chi connectivity index (χ0v) is 17.7. The molecule has 1 heterocycles. The topological polar surface area (TPSA) is 45.2 Å². The largest absolute Gasteiger partial charge is 0.491 e. The predicted octanol–water partition coefficient (Wildman–Crippen LogP) is 2.66. The summed E-state index contributed by atoms with van der Waals surface area (Å²) in [7, 11) is 2.13. The van der Waals surface area contributed by atoms with Crippen molar-refractivity contribution < 1.29 is 14.6 Å². The Kier molecular flexibility index (Phi) is 13.3. The highest BCUT2D eigenvalue weighted by atomic mass is 35.5. The van der Waals surface area contributed by atoms with Crippen LogP contribution >= 0.6 is 24.8 Å². The summed E-state index contributed by atoms with van der Waals surface area (Å²) in [6, 6.07) is 8.12. The van der Waals surface area contributed by atoms with Crippen LogP contribution in [0.15, 0.2) is 24.3 Å². The lowest BCUT2D eigenvalue weighted by molar-refractivity contribution is 0.00142. The van der Waals surface area contributed by atoms with E-state index in [4.69, 9.17) is 9.47 Å². The molecule has 2 rings (SSSR count). The van der Waals surface area contributed by atoms with Gasteiger partial charge in [0.2, 0.25) is 0 Å². The highest BCUT2D eigenvalue weighted by Crippen LogP contribution is 2.25. The first kappa shape index (κ1) is 25.4. The van der Waals surface area contributed by atoms with Gasteiger partial charge in [-0.1, -0.05) is 32.0 Å². The van der Waals surface area contributed by atoms with Crippen LogP contribution < -0.4 is 4.74 Å². The van der Waals surface area contributed by atoms with E-state index in [0.717, 1.165) is 31.9 Å². The zero-order valence-electron chi connectivity index (χ0n) is 16.1. The van der Waals surface area contributed by atoms with Gasteiger partial charge in [0.1, 0.15) is 12.4 Å². The summed E-state index contributed by atoms with van der Waals surface area (Å²) in [6.07, 6.45) is -0.434. The van der Waals surface area contributed by atoms with Gasteiger partial charge in [-0.2, -0.15) is 0 Å². The number of benzene rings is 1. The van der Waals surface area contributed by atoms with Crippen LogP contribution in [0.2, 0.25) is 0 Å². The molecule has 1 aromatic rings. The van der Waals surface area contributed by atoms with Gasteiger partial charge in [0.15, 0.2) is 0 Å². The molecule has 0 radical (unpaired) electrons. The Labute approximate surface area is 170 Å². The molecule has 0 bridgehead atoms. The molecule has 152 valence electrons. The Balaban J connectivity index is 0.00000312. The molecule has 5 nitrogen and oxygen atoms in total. The number of likely N-dealkylation sites (N-methyl/N-ethyl adjacent to an activating group) is 1. The molecule has 1 aromatic carbocycles. The molecule has 1 aliphatic heterocycles. The maximum atomic E-state index is 10.1. The predicted molar refractivity (Wildman–Crippen MR) is 111 cm³/mol. The summed E-state index contributed by atoms with van der Waals surface area (Å²) >= 11 is 0. The van der Waals surface area contributed by atoms with Crippen molar-refractivity contribution in [2.24, 2.45) is 0 Å². The number of hydrogen-bond acceptors (Lipinski definition) is 5. The van der Waals surface area contributed by atoms with Crippen molar-refractivity contribution in [2.45, 2.75) is 25.9 Å². The first-order valence-corrected chi connectivity index (χ1v) is 8.94. The van der Waals surface area contributed by atoms with Crippen LogP contribution in [-0.2, 0) is 4.74 Å². The monoisotopic (exact) mass is 408 g/mol. The number of ether oxygens (including phenoxy) is 2. The number of aliphatic hydroxyl groups is 1. The van der Waals surface area contributed by atoms with E-state index in [1.807, 2.05) is 18.2 Å². The van der Waals surface area contributed by atoms with Crippen LogP contribution in [0.1, 0.15) is 25.3 Å². The summed E-state index contributed by atoms with van der Waals surface area (Å²) in [5.74, 6) is 1.36. The molecular weight excluding hydrogens is 375 g/mol. The summed E-state index contributed by atoms with van der Waals surface area (Å²) < 4.78 is 11.4. The van der Waals surface area contributed by atoms with Crippen molar-refractivity contribution >= 4 is 24.8 Å². The molecular formula is C19H34Cl2N2O3. The molecule has 0 amide bonds. The van der Waals surface area contributed by atoms with Crippen LogP contribution in [0.3, 0.4) is 0 Å². The van der Waals surface area contributed by atoms with Gasteiger partial charge in [-0.15, -0.1) is 24.8 Å². The lowest BCUT2D eigenvalue weighted by Gasteiger charge is -2.33. The fourth-order valence-corrected chi connectivity index (χ4v) is 2.90. The molecule has 1 atom stereocenters. The molecule has 0 spiro atoms. The Bertz CT molecular complexity index is 484. The van der Waals surface area contributed by atoms with Gasteiger partial charge in [0, 0.05) is 32.7 Å². The number of rotatable bonds is 9. The van der Waals surface area contributed by atoms with Crippen LogP contribution in [0.25, 0.3) is 0 Å². The number of hydrogen-bond donors (Lipinski definition) is 1. The van der Waals surface area contributed by atoms with Crippen LogP contribution in [0, 0.1) is 0 Å². The third-order valence-electron chi connectivity index (χ3n) is 4.40. The SMILES string of the molecule is CC(C)c1ccccc1OCCOCC(O)CN1CCN(C)CC1.Cl.Cl. The van der Waals surface area contributed by atoms with Crippen LogP contribution in [0.5, 0.6) is 5.75 Å². The fourth-order valence-electron chi connectivity index (χ4n) is 2.90. The Hall–Kier alpha value is -0.560. The van der Waals surface area contributed by atoms with E-state index >= 15 is 0 Å². The zero-order chi connectivity index (χ0) is 17.4. The van der Waals surface area contributed by atoms with Gasteiger partial charge in [-0.3, -0.25) is 4.90 Å². The van der Waals surface area contributed by atoms with Gasteiger partial charge < -0.3 is 19.5 Å². The first-order chi connectivity index (χ1) is 11.6. The van der Waals surface area contributed by atoms with Crippen molar-refractivity contribution in [3.05, 3.63) is 29.8 Å². The molecule has 1 aliphatic rings. The number of nitrogens with zero attached hydrogens (tertiary/aromatic N) is 2. The Morgan fingerprint density at radius 1 is 1.04 bits per heavy atom. The molecule has 7 heteroatoms. The standard InChI is InChI=1S/C19H32N2O3.2ClH/c1-16(2)18-6-4-5-7-19(18)24-13-12-23-15-17(22)14-21-10-8-20(3)9-11-21;;/h4-7,16-17,22H,8-15H2,1-3H3;2*1H. The van der Waals surface area contributed by atoms with Gasteiger partial charge in [0.25, 0.3) is 0 Å². The lowest BCUT2D eigenvalue weighted by atomic mass is 10.0. The molecule has 1 unspecified atom stereocenters. The van der Waals surface area contributed by atoms with Crippen molar-refractivity contribution in [3.63, 3.8) is 0 Å². The third-order valence-corrected chi connectivity index (χ3v) is 4.40. The molecule has 1 saturated heterocycles. The molecule has 1 N–H and O–H groups in total. The number of piperazine rings is 1. The van der Waals surface area contributed by atoms with Crippen molar-refractivity contribution in [1.29, 1.82) is 0 Å². The van der Waals surface area contributed by atoms with E-state index < -0.39 is 6.10 Å². The van der Waals surface area contributed by atoms with Gasteiger partial charge >= 0.3 is 0 Å². The minimum absolute atomic E-state index is 0.